The number of aromatic hydroxyl groups is 1. The lowest BCUT2D eigenvalue weighted by molar-refractivity contribution is -0.143. The van der Waals surface area contributed by atoms with Gasteiger partial charge in [-0.05, 0) is 50.3 Å². The molecule has 0 radical (unpaired) electrons. The van der Waals surface area contributed by atoms with E-state index < -0.39 is 54.3 Å². The van der Waals surface area contributed by atoms with Crippen molar-refractivity contribution in [2.75, 3.05) is 19.7 Å². The largest absolute Gasteiger partial charge is 0.508 e. The number of phenolic OH excluding ortho intramolecular Hbond substituents is 1. The minimum Gasteiger partial charge on any atom is -0.508 e. The second-order valence-corrected chi connectivity index (χ2v) is 8.70. The topological polar surface area (TPSA) is 189 Å². The van der Waals surface area contributed by atoms with Crippen LogP contribution in [0.4, 0.5) is 0 Å². The number of esters is 1. The predicted octanol–water partition coefficient (Wildman–Crippen LogP) is -0.907. The molecule has 200 valence electrons. The van der Waals surface area contributed by atoms with Crippen molar-refractivity contribution in [2.24, 2.45) is 11.7 Å². The molecule has 3 atom stereocenters. The Kier molecular flexibility index (Phi) is 12.9. The minimum atomic E-state index is -0.962. The van der Waals surface area contributed by atoms with Gasteiger partial charge in [0.05, 0.1) is 19.2 Å². The standard InChI is InChI=1S/C24H37N5O7/c1-5-36-21(32)13-27-24(35)19(10-14(2)3)29-20(31)12-26-22(33)15(4)28-23(34)18(25)11-16-6-8-17(30)9-7-16/h6-9,14-15,18-19,30H,5,10-13,25H2,1-4H3,(H,26,33)(H,27,35)(H,28,34)(H,29,31)/t15-,18+,19+/m0/s1. The van der Waals surface area contributed by atoms with Gasteiger partial charge in [0, 0.05) is 0 Å². The Balaban J connectivity index is 2.52. The van der Waals surface area contributed by atoms with Crippen LogP contribution in [0.5, 0.6) is 5.75 Å². The second kappa shape index (κ2) is 15.4. The van der Waals surface area contributed by atoms with Gasteiger partial charge in [0.15, 0.2) is 0 Å². The molecule has 0 bridgehead atoms. The molecule has 4 amide bonds. The first-order valence-corrected chi connectivity index (χ1v) is 11.8. The third kappa shape index (κ3) is 11.6. The van der Waals surface area contributed by atoms with Crippen LogP contribution in [0.2, 0.25) is 0 Å². The number of hydrogen-bond acceptors (Lipinski definition) is 8. The fraction of sp³-hybridized carbons (Fsp3) is 0.542. The van der Waals surface area contributed by atoms with Gasteiger partial charge in [0.1, 0.15) is 24.4 Å². The normalized spacial score (nSPS) is 13.2. The van der Waals surface area contributed by atoms with Gasteiger partial charge < -0.3 is 36.8 Å². The SMILES string of the molecule is CCOC(=O)CNC(=O)[C@@H](CC(C)C)NC(=O)CNC(=O)[C@H](C)NC(=O)[C@H](N)Cc1ccc(O)cc1. The maximum absolute atomic E-state index is 12.4. The summed E-state index contributed by atoms with van der Waals surface area (Å²) in [7, 11) is 0. The predicted molar refractivity (Wildman–Crippen MR) is 131 cm³/mol. The van der Waals surface area contributed by atoms with Crippen molar-refractivity contribution < 1.29 is 33.8 Å². The van der Waals surface area contributed by atoms with E-state index >= 15 is 0 Å². The highest BCUT2D eigenvalue weighted by molar-refractivity contribution is 5.93. The number of carbonyl (C=O) groups excluding carboxylic acids is 5. The number of rotatable bonds is 14. The van der Waals surface area contributed by atoms with Crippen LogP contribution in [-0.2, 0) is 35.1 Å². The average Bonchev–Trinajstić information content (AvgIpc) is 2.81. The number of hydrogen-bond donors (Lipinski definition) is 6. The van der Waals surface area contributed by atoms with Crippen molar-refractivity contribution >= 4 is 29.6 Å². The summed E-state index contributed by atoms with van der Waals surface area (Å²) in [6, 6.07) is 3.46. The van der Waals surface area contributed by atoms with E-state index in [1.54, 1.807) is 19.1 Å². The Labute approximate surface area is 210 Å². The van der Waals surface area contributed by atoms with Crippen molar-refractivity contribution in [3.63, 3.8) is 0 Å². The van der Waals surface area contributed by atoms with Crippen LogP contribution < -0.4 is 27.0 Å². The van der Waals surface area contributed by atoms with Gasteiger partial charge in [-0.2, -0.15) is 0 Å². The summed E-state index contributed by atoms with van der Waals surface area (Å²) in [6.45, 7) is 6.28. The van der Waals surface area contributed by atoms with Crippen molar-refractivity contribution in [1.82, 2.24) is 21.3 Å². The molecule has 0 aliphatic heterocycles. The highest BCUT2D eigenvalue weighted by Crippen LogP contribution is 2.11. The van der Waals surface area contributed by atoms with Gasteiger partial charge in [-0.15, -0.1) is 0 Å². The summed E-state index contributed by atoms with van der Waals surface area (Å²) in [5.74, 6) is -2.74. The summed E-state index contributed by atoms with van der Waals surface area (Å²) in [4.78, 5) is 60.9. The first-order chi connectivity index (χ1) is 16.9. The Morgan fingerprint density at radius 1 is 0.917 bits per heavy atom. The second-order valence-electron chi connectivity index (χ2n) is 8.70. The highest BCUT2D eigenvalue weighted by atomic mass is 16.5. The molecule has 0 aromatic heterocycles. The Hall–Kier alpha value is -3.67. The Bertz CT molecular complexity index is 905. The monoisotopic (exact) mass is 507 g/mol. The van der Waals surface area contributed by atoms with Gasteiger partial charge in [0.2, 0.25) is 23.6 Å². The summed E-state index contributed by atoms with van der Waals surface area (Å²) in [5.41, 5.74) is 6.65. The summed E-state index contributed by atoms with van der Waals surface area (Å²) >= 11 is 0. The lowest BCUT2D eigenvalue weighted by Gasteiger charge is -2.21. The number of amides is 4. The summed E-state index contributed by atoms with van der Waals surface area (Å²) < 4.78 is 4.76. The van der Waals surface area contributed by atoms with E-state index in [1.807, 2.05) is 13.8 Å². The lowest BCUT2D eigenvalue weighted by atomic mass is 10.0. The van der Waals surface area contributed by atoms with E-state index in [1.165, 1.54) is 19.1 Å². The Morgan fingerprint density at radius 3 is 2.11 bits per heavy atom. The number of ether oxygens (including phenoxy) is 1. The third-order valence-electron chi connectivity index (χ3n) is 4.98. The van der Waals surface area contributed by atoms with Crippen LogP contribution in [0.25, 0.3) is 0 Å². The summed E-state index contributed by atoms with van der Waals surface area (Å²) in [6.07, 6.45) is 0.526. The number of phenols is 1. The van der Waals surface area contributed by atoms with E-state index in [-0.39, 0.29) is 31.2 Å². The Morgan fingerprint density at radius 2 is 1.53 bits per heavy atom. The van der Waals surface area contributed by atoms with Crippen LogP contribution in [-0.4, -0.2) is 72.5 Å². The molecule has 12 nitrogen and oxygen atoms in total. The number of nitrogens with one attached hydrogen (secondary N) is 4. The van der Waals surface area contributed by atoms with E-state index in [2.05, 4.69) is 21.3 Å². The molecule has 7 N–H and O–H groups in total. The van der Waals surface area contributed by atoms with Crippen LogP contribution in [0.1, 0.15) is 39.7 Å². The zero-order chi connectivity index (χ0) is 27.3. The summed E-state index contributed by atoms with van der Waals surface area (Å²) in [5, 5.41) is 19.2. The minimum absolute atomic E-state index is 0.0688. The first kappa shape index (κ1) is 30.4. The van der Waals surface area contributed by atoms with E-state index in [4.69, 9.17) is 10.5 Å². The van der Waals surface area contributed by atoms with Crippen molar-refractivity contribution in [3.05, 3.63) is 29.8 Å². The molecule has 0 saturated carbocycles. The van der Waals surface area contributed by atoms with E-state index in [0.717, 1.165) is 5.56 Å². The zero-order valence-electron chi connectivity index (χ0n) is 21.1. The molecule has 0 heterocycles. The molecule has 0 aliphatic carbocycles. The van der Waals surface area contributed by atoms with Gasteiger partial charge in [-0.1, -0.05) is 26.0 Å². The molecular weight excluding hydrogens is 470 g/mol. The van der Waals surface area contributed by atoms with E-state index in [0.29, 0.717) is 6.42 Å². The molecule has 0 saturated heterocycles. The molecule has 1 rings (SSSR count). The maximum Gasteiger partial charge on any atom is 0.325 e. The fourth-order valence-corrected chi connectivity index (χ4v) is 3.13. The van der Waals surface area contributed by atoms with Crippen molar-refractivity contribution in [1.29, 1.82) is 0 Å². The van der Waals surface area contributed by atoms with E-state index in [9.17, 15) is 29.1 Å². The fourth-order valence-electron chi connectivity index (χ4n) is 3.13. The number of nitrogens with two attached hydrogens (primary N) is 1. The van der Waals surface area contributed by atoms with Crippen LogP contribution in [0, 0.1) is 5.92 Å². The molecule has 12 heteroatoms. The third-order valence-corrected chi connectivity index (χ3v) is 4.98. The molecular formula is C24H37N5O7. The zero-order valence-corrected chi connectivity index (χ0v) is 21.1. The van der Waals surface area contributed by atoms with Crippen molar-refractivity contribution in [3.8, 4) is 5.75 Å². The number of benzene rings is 1. The van der Waals surface area contributed by atoms with Crippen LogP contribution >= 0.6 is 0 Å². The smallest absolute Gasteiger partial charge is 0.325 e. The molecule has 1 aromatic rings. The molecule has 0 spiro atoms. The molecule has 1 aromatic carbocycles. The van der Waals surface area contributed by atoms with Crippen LogP contribution in [0.15, 0.2) is 24.3 Å². The first-order valence-electron chi connectivity index (χ1n) is 11.8. The lowest BCUT2D eigenvalue weighted by Crippen LogP contribution is -2.53. The van der Waals surface area contributed by atoms with Gasteiger partial charge in [-0.25, -0.2) is 0 Å². The number of carbonyl (C=O) groups is 5. The van der Waals surface area contributed by atoms with Gasteiger partial charge >= 0.3 is 5.97 Å². The molecule has 0 fully saturated rings. The van der Waals surface area contributed by atoms with Crippen molar-refractivity contribution in [2.45, 2.75) is 58.7 Å². The van der Waals surface area contributed by atoms with Crippen LogP contribution in [0.3, 0.4) is 0 Å². The van der Waals surface area contributed by atoms with Gasteiger partial charge in [-0.3, -0.25) is 24.0 Å². The molecule has 36 heavy (non-hydrogen) atoms. The maximum atomic E-state index is 12.4. The average molecular weight is 508 g/mol. The highest BCUT2D eigenvalue weighted by Gasteiger charge is 2.24. The quantitative estimate of drug-likeness (QED) is 0.175. The molecule has 0 aliphatic rings. The van der Waals surface area contributed by atoms with Gasteiger partial charge in [0.25, 0.3) is 0 Å². The molecule has 0 unspecified atom stereocenters.